The SMILES string of the molecule is CCC(=O)Oc1ccc(NC(=O)NC23CC4CC(CC(C4)C2)C3)cc1. The van der Waals surface area contributed by atoms with Gasteiger partial charge in [-0.15, -0.1) is 0 Å². The van der Waals surface area contributed by atoms with E-state index >= 15 is 0 Å². The number of urea groups is 1. The number of rotatable bonds is 4. The van der Waals surface area contributed by atoms with E-state index in [0.717, 1.165) is 37.0 Å². The normalized spacial score (nSPS) is 32.3. The molecule has 2 N–H and O–H groups in total. The lowest BCUT2D eigenvalue weighted by molar-refractivity contribution is -0.134. The Kier molecular flexibility index (Phi) is 4.18. The van der Waals surface area contributed by atoms with Crippen LogP contribution in [0, 0.1) is 17.8 Å². The van der Waals surface area contributed by atoms with Crippen molar-refractivity contribution < 1.29 is 14.3 Å². The van der Waals surface area contributed by atoms with Gasteiger partial charge in [0.2, 0.25) is 0 Å². The minimum Gasteiger partial charge on any atom is -0.427 e. The molecule has 4 bridgehead atoms. The first-order chi connectivity index (χ1) is 12.0. The standard InChI is InChI=1S/C20H26N2O3/c1-2-18(23)25-17-5-3-16(4-6-17)21-19(24)22-20-10-13-7-14(11-20)9-15(8-13)12-20/h3-6,13-15H,2,7-12H2,1H3,(H2,21,22,24). The quantitative estimate of drug-likeness (QED) is 0.640. The maximum atomic E-state index is 12.5. The molecule has 4 aliphatic rings. The van der Waals surface area contributed by atoms with Gasteiger partial charge in [-0.2, -0.15) is 0 Å². The van der Waals surface area contributed by atoms with Crippen LogP contribution in [0.25, 0.3) is 0 Å². The molecule has 0 heterocycles. The Morgan fingerprint density at radius 2 is 1.60 bits per heavy atom. The second-order valence-electron chi connectivity index (χ2n) is 8.13. The Morgan fingerprint density at radius 3 is 2.12 bits per heavy atom. The molecular formula is C20H26N2O3. The Labute approximate surface area is 148 Å². The van der Waals surface area contributed by atoms with Crippen molar-refractivity contribution >= 4 is 17.7 Å². The maximum Gasteiger partial charge on any atom is 0.319 e. The number of nitrogens with one attached hydrogen (secondary N) is 2. The highest BCUT2D eigenvalue weighted by molar-refractivity contribution is 5.90. The summed E-state index contributed by atoms with van der Waals surface area (Å²) >= 11 is 0. The molecule has 0 aliphatic heterocycles. The van der Waals surface area contributed by atoms with E-state index in [1.807, 2.05) is 0 Å². The molecule has 4 aliphatic carbocycles. The van der Waals surface area contributed by atoms with Crippen molar-refractivity contribution in [2.24, 2.45) is 17.8 Å². The Balaban J connectivity index is 1.35. The van der Waals surface area contributed by atoms with Crippen molar-refractivity contribution in [3.8, 4) is 5.75 Å². The van der Waals surface area contributed by atoms with E-state index in [1.54, 1.807) is 31.2 Å². The predicted octanol–water partition coefficient (Wildman–Crippen LogP) is 4.09. The van der Waals surface area contributed by atoms with Crippen molar-refractivity contribution in [1.29, 1.82) is 0 Å². The average molecular weight is 342 g/mol. The van der Waals surface area contributed by atoms with E-state index in [1.165, 1.54) is 19.3 Å². The van der Waals surface area contributed by atoms with Gasteiger partial charge < -0.3 is 15.4 Å². The largest absolute Gasteiger partial charge is 0.427 e. The molecule has 4 fully saturated rings. The van der Waals surface area contributed by atoms with Crippen LogP contribution in [0.2, 0.25) is 0 Å². The van der Waals surface area contributed by atoms with Gasteiger partial charge in [-0.1, -0.05) is 6.92 Å². The van der Waals surface area contributed by atoms with Gasteiger partial charge in [0.15, 0.2) is 0 Å². The Bertz CT molecular complexity index is 633. The summed E-state index contributed by atoms with van der Waals surface area (Å²) in [5, 5.41) is 6.21. The molecule has 1 aromatic carbocycles. The van der Waals surface area contributed by atoms with Gasteiger partial charge in [0.05, 0.1) is 0 Å². The van der Waals surface area contributed by atoms with Crippen LogP contribution < -0.4 is 15.4 Å². The van der Waals surface area contributed by atoms with Gasteiger partial charge >= 0.3 is 12.0 Å². The van der Waals surface area contributed by atoms with Crippen LogP contribution >= 0.6 is 0 Å². The number of benzene rings is 1. The first-order valence-electron chi connectivity index (χ1n) is 9.43. The number of carbonyl (C=O) groups excluding carboxylic acids is 2. The summed E-state index contributed by atoms with van der Waals surface area (Å²) < 4.78 is 5.15. The van der Waals surface area contributed by atoms with E-state index in [0.29, 0.717) is 17.9 Å². The number of hydrogen-bond acceptors (Lipinski definition) is 3. The number of esters is 1. The topological polar surface area (TPSA) is 67.4 Å². The van der Waals surface area contributed by atoms with Gasteiger partial charge in [-0.25, -0.2) is 4.79 Å². The molecule has 134 valence electrons. The third-order valence-corrected chi connectivity index (χ3v) is 6.05. The Morgan fingerprint density at radius 1 is 1.04 bits per heavy atom. The molecule has 5 nitrogen and oxygen atoms in total. The number of anilines is 1. The van der Waals surface area contributed by atoms with Gasteiger partial charge in [-0.3, -0.25) is 4.79 Å². The zero-order chi connectivity index (χ0) is 17.4. The highest BCUT2D eigenvalue weighted by Crippen LogP contribution is 2.55. The summed E-state index contributed by atoms with van der Waals surface area (Å²) in [5.74, 6) is 2.65. The molecule has 5 rings (SSSR count). The first-order valence-corrected chi connectivity index (χ1v) is 9.43. The molecule has 0 spiro atoms. The van der Waals surface area contributed by atoms with E-state index in [-0.39, 0.29) is 17.5 Å². The lowest BCUT2D eigenvalue weighted by Crippen LogP contribution is -2.60. The van der Waals surface area contributed by atoms with Crippen LogP contribution in [-0.4, -0.2) is 17.5 Å². The van der Waals surface area contributed by atoms with Gasteiger partial charge in [0.1, 0.15) is 5.75 Å². The van der Waals surface area contributed by atoms with Crippen LogP contribution in [0.1, 0.15) is 51.9 Å². The summed E-state index contributed by atoms with van der Waals surface area (Å²) in [6.45, 7) is 1.76. The van der Waals surface area contributed by atoms with Gasteiger partial charge in [-0.05, 0) is 80.5 Å². The van der Waals surface area contributed by atoms with Crippen molar-refractivity contribution in [3.05, 3.63) is 24.3 Å². The minimum atomic E-state index is -0.264. The lowest BCUT2D eigenvalue weighted by Gasteiger charge is -2.56. The zero-order valence-corrected chi connectivity index (χ0v) is 14.7. The third kappa shape index (κ3) is 3.51. The predicted molar refractivity (Wildman–Crippen MR) is 95.4 cm³/mol. The van der Waals surface area contributed by atoms with Crippen LogP contribution in [0.4, 0.5) is 10.5 Å². The van der Waals surface area contributed by atoms with Crippen LogP contribution in [0.15, 0.2) is 24.3 Å². The smallest absolute Gasteiger partial charge is 0.319 e. The molecule has 0 unspecified atom stereocenters. The van der Waals surface area contributed by atoms with Crippen molar-refractivity contribution in [2.75, 3.05) is 5.32 Å². The number of hydrogen-bond donors (Lipinski definition) is 2. The summed E-state index contributed by atoms with van der Waals surface area (Å²) in [6.07, 6.45) is 7.84. The molecule has 4 saturated carbocycles. The van der Waals surface area contributed by atoms with Crippen LogP contribution in [0.3, 0.4) is 0 Å². The van der Waals surface area contributed by atoms with Crippen LogP contribution in [0.5, 0.6) is 5.75 Å². The van der Waals surface area contributed by atoms with E-state index in [2.05, 4.69) is 10.6 Å². The molecule has 0 saturated heterocycles. The average Bonchev–Trinajstić information content (AvgIpc) is 2.54. The fraction of sp³-hybridized carbons (Fsp3) is 0.600. The van der Waals surface area contributed by atoms with Crippen molar-refractivity contribution in [1.82, 2.24) is 5.32 Å². The summed E-state index contributed by atoms with van der Waals surface area (Å²) in [5.41, 5.74) is 0.716. The highest BCUT2D eigenvalue weighted by Gasteiger charge is 2.51. The minimum absolute atomic E-state index is 0.00936. The molecule has 5 heteroatoms. The van der Waals surface area contributed by atoms with E-state index in [9.17, 15) is 9.59 Å². The fourth-order valence-electron chi connectivity index (χ4n) is 5.48. The molecule has 25 heavy (non-hydrogen) atoms. The van der Waals surface area contributed by atoms with Gasteiger partial charge in [0, 0.05) is 17.6 Å². The number of amides is 2. The maximum absolute atomic E-state index is 12.5. The molecule has 0 radical (unpaired) electrons. The number of carbonyl (C=O) groups is 2. The zero-order valence-electron chi connectivity index (χ0n) is 14.7. The van der Waals surface area contributed by atoms with Gasteiger partial charge in [0.25, 0.3) is 0 Å². The monoisotopic (exact) mass is 342 g/mol. The van der Waals surface area contributed by atoms with Crippen molar-refractivity contribution in [3.63, 3.8) is 0 Å². The lowest BCUT2D eigenvalue weighted by atomic mass is 9.53. The summed E-state index contributed by atoms with van der Waals surface area (Å²) in [6, 6.07) is 6.80. The second-order valence-corrected chi connectivity index (χ2v) is 8.13. The molecule has 0 aromatic heterocycles. The summed E-state index contributed by atoms with van der Waals surface area (Å²) in [4.78, 5) is 23.8. The molecule has 2 amide bonds. The molecule has 1 aromatic rings. The Hall–Kier alpha value is -2.04. The fourth-order valence-corrected chi connectivity index (χ4v) is 5.48. The van der Waals surface area contributed by atoms with E-state index < -0.39 is 0 Å². The molecule has 0 atom stereocenters. The van der Waals surface area contributed by atoms with Crippen molar-refractivity contribution in [2.45, 2.75) is 57.4 Å². The molecular weight excluding hydrogens is 316 g/mol. The second kappa shape index (κ2) is 6.36. The number of ether oxygens (including phenoxy) is 1. The highest BCUT2D eigenvalue weighted by atomic mass is 16.5. The summed E-state index contributed by atoms with van der Waals surface area (Å²) in [7, 11) is 0. The first kappa shape index (κ1) is 16.4. The van der Waals surface area contributed by atoms with E-state index in [4.69, 9.17) is 4.74 Å². The third-order valence-electron chi connectivity index (χ3n) is 6.05. The van der Waals surface area contributed by atoms with Crippen LogP contribution in [-0.2, 0) is 4.79 Å².